The lowest BCUT2D eigenvalue weighted by atomic mass is 9.96. The minimum absolute atomic E-state index is 0.0843. The molecule has 0 radical (unpaired) electrons. The number of carbonyl (C=O) groups excluding carboxylic acids is 1. The van der Waals surface area contributed by atoms with Gasteiger partial charge in [-0.1, -0.05) is 6.07 Å². The number of benzene rings is 1. The second kappa shape index (κ2) is 5.29. The molecular formula is C16H18N2OS. The van der Waals surface area contributed by atoms with Crippen LogP contribution in [0.15, 0.2) is 24.3 Å². The van der Waals surface area contributed by atoms with E-state index in [2.05, 4.69) is 12.2 Å². The molecule has 1 aliphatic carbocycles. The Labute approximate surface area is 122 Å². The summed E-state index contributed by atoms with van der Waals surface area (Å²) < 4.78 is 0. The molecule has 0 saturated carbocycles. The molecule has 0 fully saturated rings. The highest BCUT2D eigenvalue weighted by atomic mass is 32.1. The van der Waals surface area contributed by atoms with Gasteiger partial charge in [-0.15, -0.1) is 11.3 Å². The molecule has 1 amide bonds. The summed E-state index contributed by atoms with van der Waals surface area (Å²) in [6.07, 6.45) is 4.81. The van der Waals surface area contributed by atoms with E-state index in [1.807, 2.05) is 0 Å². The van der Waals surface area contributed by atoms with Crippen molar-refractivity contribution in [1.82, 2.24) is 0 Å². The van der Waals surface area contributed by atoms with Crippen LogP contribution in [0.2, 0.25) is 0 Å². The molecule has 4 heteroatoms. The molecule has 0 saturated heterocycles. The van der Waals surface area contributed by atoms with Gasteiger partial charge in [-0.2, -0.15) is 0 Å². The molecule has 3 N–H and O–H groups in total. The fraction of sp³-hybridized carbons (Fsp3) is 0.312. The third-order valence-corrected chi connectivity index (χ3v) is 5.12. The average molecular weight is 286 g/mol. The van der Waals surface area contributed by atoms with Crippen molar-refractivity contribution >= 4 is 27.9 Å². The lowest BCUT2D eigenvalue weighted by Crippen LogP contribution is -2.12. The van der Waals surface area contributed by atoms with E-state index in [-0.39, 0.29) is 5.91 Å². The summed E-state index contributed by atoms with van der Waals surface area (Å²) in [6, 6.07) is 7.08. The molecule has 104 valence electrons. The average Bonchev–Trinajstić information content (AvgIpc) is 2.76. The van der Waals surface area contributed by atoms with Crippen LogP contribution in [0.25, 0.3) is 0 Å². The number of rotatable bonds is 2. The summed E-state index contributed by atoms with van der Waals surface area (Å²) in [5.74, 6) is -0.0843. The van der Waals surface area contributed by atoms with Crippen molar-refractivity contribution < 1.29 is 4.79 Å². The fourth-order valence-corrected chi connectivity index (χ4v) is 3.99. The molecule has 2 aromatic rings. The first kappa shape index (κ1) is 13.2. The van der Waals surface area contributed by atoms with Gasteiger partial charge in [0.25, 0.3) is 5.91 Å². The minimum atomic E-state index is -0.0843. The van der Waals surface area contributed by atoms with E-state index in [1.165, 1.54) is 28.8 Å². The van der Waals surface area contributed by atoms with Gasteiger partial charge in [-0.3, -0.25) is 4.79 Å². The van der Waals surface area contributed by atoms with Crippen LogP contribution in [0.4, 0.5) is 10.7 Å². The number of hydrogen-bond donors (Lipinski definition) is 2. The molecule has 3 nitrogen and oxygen atoms in total. The van der Waals surface area contributed by atoms with Crippen molar-refractivity contribution in [3.8, 4) is 0 Å². The molecular weight excluding hydrogens is 268 g/mol. The zero-order valence-electron chi connectivity index (χ0n) is 11.5. The number of thiophene rings is 1. The van der Waals surface area contributed by atoms with E-state index < -0.39 is 0 Å². The van der Waals surface area contributed by atoms with E-state index in [1.54, 1.807) is 35.6 Å². The molecule has 1 aromatic carbocycles. The van der Waals surface area contributed by atoms with Crippen LogP contribution in [-0.4, -0.2) is 5.91 Å². The van der Waals surface area contributed by atoms with E-state index in [9.17, 15) is 4.79 Å². The Morgan fingerprint density at radius 2 is 2.10 bits per heavy atom. The highest BCUT2D eigenvalue weighted by molar-refractivity contribution is 7.16. The summed E-state index contributed by atoms with van der Waals surface area (Å²) >= 11 is 1.73. The molecule has 1 heterocycles. The SMILES string of the molecule is Cc1c(NC(=O)c2cccc(N)c2)sc2c1CCCC2. The van der Waals surface area contributed by atoms with Crippen LogP contribution in [-0.2, 0) is 12.8 Å². The molecule has 0 unspecified atom stereocenters. The molecule has 20 heavy (non-hydrogen) atoms. The van der Waals surface area contributed by atoms with E-state index in [0.717, 1.165) is 17.8 Å². The molecule has 1 aliphatic rings. The molecule has 0 spiro atoms. The monoisotopic (exact) mass is 286 g/mol. The number of nitrogen functional groups attached to an aromatic ring is 1. The van der Waals surface area contributed by atoms with Crippen molar-refractivity contribution in [3.63, 3.8) is 0 Å². The van der Waals surface area contributed by atoms with Gasteiger partial charge in [0.2, 0.25) is 0 Å². The maximum atomic E-state index is 12.3. The molecule has 0 aliphatic heterocycles. The zero-order chi connectivity index (χ0) is 14.1. The quantitative estimate of drug-likeness (QED) is 0.826. The number of anilines is 2. The topological polar surface area (TPSA) is 55.1 Å². The normalized spacial score (nSPS) is 13.8. The molecule has 1 aromatic heterocycles. The van der Waals surface area contributed by atoms with Gasteiger partial charge in [0.05, 0.1) is 5.00 Å². The summed E-state index contributed by atoms with van der Waals surface area (Å²) in [4.78, 5) is 13.7. The second-order valence-corrected chi connectivity index (χ2v) is 6.35. The van der Waals surface area contributed by atoms with Crippen molar-refractivity contribution in [2.24, 2.45) is 0 Å². The first-order chi connectivity index (χ1) is 9.65. The minimum Gasteiger partial charge on any atom is -0.399 e. The van der Waals surface area contributed by atoms with Crippen LogP contribution in [0.1, 0.15) is 39.2 Å². The Morgan fingerprint density at radius 3 is 2.85 bits per heavy atom. The summed E-state index contributed by atoms with van der Waals surface area (Å²) in [5, 5.41) is 4.03. The molecule has 3 rings (SSSR count). The smallest absolute Gasteiger partial charge is 0.256 e. The first-order valence-electron chi connectivity index (χ1n) is 6.93. The molecule has 0 bridgehead atoms. The number of amides is 1. The van der Waals surface area contributed by atoms with E-state index in [0.29, 0.717) is 11.3 Å². The molecule has 0 atom stereocenters. The third-order valence-electron chi connectivity index (χ3n) is 3.81. The zero-order valence-corrected chi connectivity index (χ0v) is 12.3. The predicted molar refractivity (Wildman–Crippen MR) is 84.5 cm³/mol. The fourth-order valence-electron chi connectivity index (χ4n) is 2.70. The van der Waals surface area contributed by atoms with Crippen LogP contribution < -0.4 is 11.1 Å². The number of aryl methyl sites for hydroxylation is 1. The largest absolute Gasteiger partial charge is 0.399 e. The van der Waals surface area contributed by atoms with Crippen molar-refractivity contribution in [2.45, 2.75) is 32.6 Å². The van der Waals surface area contributed by atoms with Gasteiger partial charge >= 0.3 is 0 Å². The van der Waals surface area contributed by atoms with Gasteiger partial charge in [-0.05, 0) is 61.9 Å². The number of nitrogens with two attached hydrogens (primary N) is 1. The van der Waals surface area contributed by atoms with E-state index >= 15 is 0 Å². The Morgan fingerprint density at radius 1 is 1.30 bits per heavy atom. The standard InChI is InChI=1S/C16H18N2OS/c1-10-13-7-2-3-8-14(13)20-16(10)18-15(19)11-5-4-6-12(17)9-11/h4-6,9H,2-3,7-8,17H2,1H3,(H,18,19). The Bertz CT molecular complexity index is 660. The van der Waals surface area contributed by atoms with Gasteiger partial charge in [0, 0.05) is 16.1 Å². The van der Waals surface area contributed by atoms with Crippen molar-refractivity contribution in [2.75, 3.05) is 11.1 Å². The highest BCUT2D eigenvalue weighted by Gasteiger charge is 2.19. The maximum absolute atomic E-state index is 12.3. The summed E-state index contributed by atoms with van der Waals surface area (Å²) in [7, 11) is 0. The predicted octanol–water partition coefficient (Wildman–Crippen LogP) is 3.77. The number of nitrogens with one attached hydrogen (secondary N) is 1. The number of carbonyl (C=O) groups is 1. The Hall–Kier alpha value is -1.81. The van der Waals surface area contributed by atoms with Crippen LogP contribution in [0.3, 0.4) is 0 Å². The summed E-state index contributed by atoms with van der Waals surface area (Å²) in [5.41, 5.74) is 9.63. The van der Waals surface area contributed by atoms with Crippen LogP contribution in [0.5, 0.6) is 0 Å². The Balaban J connectivity index is 1.84. The van der Waals surface area contributed by atoms with E-state index in [4.69, 9.17) is 5.73 Å². The Kier molecular flexibility index (Phi) is 3.49. The first-order valence-corrected chi connectivity index (χ1v) is 7.75. The van der Waals surface area contributed by atoms with Crippen molar-refractivity contribution in [3.05, 3.63) is 45.8 Å². The van der Waals surface area contributed by atoms with Gasteiger partial charge in [-0.25, -0.2) is 0 Å². The van der Waals surface area contributed by atoms with Crippen molar-refractivity contribution in [1.29, 1.82) is 0 Å². The van der Waals surface area contributed by atoms with Crippen LogP contribution in [0, 0.1) is 6.92 Å². The maximum Gasteiger partial charge on any atom is 0.256 e. The lowest BCUT2D eigenvalue weighted by molar-refractivity contribution is 0.102. The van der Waals surface area contributed by atoms with Gasteiger partial charge in [0.15, 0.2) is 0 Å². The van der Waals surface area contributed by atoms with Gasteiger partial charge < -0.3 is 11.1 Å². The third kappa shape index (κ3) is 2.43. The summed E-state index contributed by atoms with van der Waals surface area (Å²) in [6.45, 7) is 2.11. The van der Waals surface area contributed by atoms with Crippen LogP contribution >= 0.6 is 11.3 Å². The number of fused-ring (bicyclic) bond motifs is 1. The van der Waals surface area contributed by atoms with Gasteiger partial charge in [0.1, 0.15) is 0 Å². The highest BCUT2D eigenvalue weighted by Crippen LogP contribution is 2.37. The number of hydrogen-bond acceptors (Lipinski definition) is 3. The lowest BCUT2D eigenvalue weighted by Gasteiger charge is -2.10. The second-order valence-electron chi connectivity index (χ2n) is 5.24.